The molecule has 4 aromatic carbocycles. The Morgan fingerprint density at radius 1 is 0.906 bits per heavy atom. The fraction of sp³-hybridized carbons (Fsp3) is 0.115. The molecule has 0 unspecified atom stereocenters. The van der Waals surface area contributed by atoms with Crippen LogP contribution in [0.15, 0.2) is 88.4 Å². The molecule has 0 N–H and O–H groups in total. The van der Waals surface area contributed by atoms with E-state index in [1.807, 2.05) is 35.3 Å². The van der Waals surface area contributed by atoms with Crippen LogP contribution in [0.4, 0.5) is 0 Å². The summed E-state index contributed by atoms with van der Waals surface area (Å²) in [6, 6.07) is 26.6. The van der Waals surface area contributed by atoms with E-state index in [0.29, 0.717) is 15.8 Å². The Kier molecular flexibility index (Phi) is 4.90. The van der Waals surface area contributed by atoms with Crippen molar-refractivity contribution in [1.29, 1.82) is 0 Å². The van der Waals surface area contributed by atoms with Crippen molar-refractivity contribution in [2.75, 3.05) is 0 Å². The summed E-state index contributed by atoms with van der Waals surface area (Å²) in [5.41, 5.74) is 4.12. The van der Waals surface area contributed by atoms with Crippen LogP contribution in [0.2, 0.25) is 10.0 Å². The Morgan fingerprint density at radius 2 is 1.69 bits per heavy atom. The number of hydrogen-bond acceptors (Lipinski definition) is 3. The van der Waals surface area contributed by atoms with Crippen LogP contribution in [0.5, 0.6) is 5.75 Å². The van der Waals surface area contributed by atoms with Gasteiger partial charge in [-0.1, -0.05) is 87.7 Å². The van der Waals surface area contributed by atoms with E-state index < -0.39 is 0 Å². The van der Waals surface area contributed by atoms with Gasteiger partial charge in [-0.25, -0.2) is 5.01 Å². The zero-order chi connectivity index (χ0) is 21.8. The van der Waals surface area contributed by atoms with Crippen molar-refractivity contribution in [2.45, 2.75) is 18.7 Å². The lowest BCUT2D eigenvalue weighted by molar-refractivity contribution is -0.0189. The number of ether oxygens (including phenoxy) is 1. The van der Waals surface area contributed by atoms with E-state index in [0.717, 1.165) is 33.3 Å². The van der Waals surface area contributed by atoms with Crippen LogP contribution in [0.1, 0.15) is 35.4 Å². The Morgan fingerprint density at radius 3 is 2.50 bits per heavy atom. The second-order valence-electron chi connectivity index (χ2n) is 8.04. The molecule has 158 valence electrons. The van der Waals surface area contributed by atoms with E-state index in [2.05, 4.69) is 58.4 Å². The second kappa shape index (κ2) is 7.80. The predicted octanol–water partition coefficient (Wildman–Crippen LogP) is 8.15. The summed E-state index contributed by atoms with van der Waals surface area (Å²) in [7, 11) is 0. The van der Waals surface area contributed by atoms with Crippen LogP contribution in [0, 0.1) is 0 Å². The lowest BCUT2D eigenvalue weighted by Crippen LogP contribution is -2.33. The molecule has 0 saturated carbocycles. The van der Waals surface area contributed by atoms with Crippen molar-refractivity contribution >= 4 is 55.6 Å². The molecule has 0 bridgehead atoms. The van der Waals surface area contributed by atoms with Crippen LogP contribution in [0.3, 0.4) is 0 Å². The monoisotopic (exact) mass is 522 g/mol. The number of rotatable bonds is 2. The van der Waals surface area contributed by atoms with E-state index >= 15 is 0 Å². The summed E-state index contributed by atoms with van der Waals surface area (Å²) < 4.78 is 7.44. The smallest absolute Gasteiger partial charge is 0.213 e. The van der Waals surface area contributed by atoms with Gasteiger partial charge < -0.3 is 4.74 Å². The van der Waals surface area contributed by atoms with Gasteiger partial charge in [0.1, 0.15) is 5.75 Å². The lowest BCUT2D eigenvalue weighted by Gasteiger charge is -2.38. The minimum atomic E-state index is -0.378. The highest BCUT2D eigenvalue weighted by Gasteiger charge is 2.42. The maximum Gasteiger partial charge on any atom is 0.213 e. The first-order valence-corrected chi connectivity index (χ1v) is 11.9. The third-order valence-electron chi connectivity index (χ3n) is 6.05. The van der Waals surface area contributed by atoms with Crippen LogP contribution in [0.25, 0.3) is 10.8 Å². The summed E-state index contributed by atoms with van der Waals surface area (Å²) >= 11 is 16.4. The predicted molar refractivity (Wildman–Crippen MR) is 134 cm³/mol. The minimum Gasteiger partial charge on any atom is -0.463 e. The molecular weight excluding hydrogens is 507 g/mol. The molecule has 2 heterocycles. The zero-order valence-corrected chi connectivity index (χ0v) is 19.9. The van der Waals surface area contributed by atoms with Gasteiger partial charge in [0.25, 0.3) is 0 Å². The van der Waals surface area contributed by atoms with Crippen molar-refractivity contribution in [3.63, 3.8) is 0 Å². The molecule has 6 heteroatoms. The molecule has 0 spiro atoms. The van der Waals surface area contributed by atoms with Gasteiger partial charge in [-0.2, -0.15) is 5.10 Å². The Bertz CT molecular complexity index is 1390. The summed E-state index contributed by atoms with van der Waals surface area (Å²) in [4.78, 5) is 0. The number of hydrogen-bond donors (Lipinski definition) is 0. The maximum atomic E-state index is 6.56. The molecule has 0 aromatic heterocycles. The highest BCUT2D eigenvalue weighted by molar-refractivity contribution is 9.10. The molecule has 3 nitrogen and oxygen atoms in total. The molecule has 2 aliphatic rings. The Labute approximate surface area is 204 Å². The van der Waals surface area contributed by atoms with Gasteiger partial charge in [-0.3, -0.25) is 0 Å². The molecule has 0 fully saturated rings. The van der Waals surface area contributed by atoms with Gasteiger partial charge >= 0.3 is 0 Å². The first kappa shape index (κ1) is 20.1. The van der Waals surface area contributed by atoms with Crippen LogP contribution >= 0.6 is 39.1 Å². The maximum absolute atomic E-state index is 6.56. The van der Waals surface area contributed by atoms with Crippen LogP contribution in [-0.2, 0) is 0 Å². The standard InChI is InChI=1S/C26H17BrCl2N2O/c27-19-9-7-16(8-10-19)26-31-24(21-12-20(28)13-22(29)25(21)32-26)14-23(30-31)18-6-5-15-3-1-2-4-17(15)11-18/h1-13,24,26H,14H2/t24-,26-/m1/s1. The van der Waals surface area contributed by atoms with Gasteiger partial charge in [0, 0.05) is 27.0 Å². The Balaban J connectivity index is 1.47. The molecule has 2 aliphatic heterocycles. The average molecular weight is 524 g/mol. The molecule has 2 atom stereocenters. The molecule has 6 rings (SSSR count). The van der Waals surface area contributed by atoms with E-state index in [1.165, 1.54) is 10.8 Å². The quantitative estimate of drug-likeness (QED) is 0.265. The van der Waals surface area contributed by atoms with E-state index in [4.69, 9.17) is 33.0 Å². The normalized spacial score (nSPS) is 19.3. The summed E-state index contributed by atoms with van der Waals surface area (Å²) in [6.07, 6.45) is 0.371. The van der Waals surface area contributed by atoms with Crippen LogP contribution < -0.4 is 4.74 Å². The number of hydrazone groups is 1. The van der Waals surface area contributed by atoms with E-state index in [-0.39, 0.29) is 12.3 Å². The molecule has 32 heavy (non-hydrogen) atoms. The molecule has 0 aliphatic carbocycles. The van der Waals surface area contributed by atoms with Crippen molar-refractivity contribution in [3.8, 4) is 5.75 Å². The molecule has 4 aromatic rings. The lowest BCUT2D eigenvalue weighted by atomic mass is 9.95. The van der Waals surface area contributed by atoms with Crippen LogP contribution in [-0.4, -0.2) is 10.7 Å². The zero-order valence-electron chi connectivity index (χ0n) is 16.8. The largest absolute Gasteiger partial charge is 0.463 e. The van der Waals surface area contributed by atoms with E-state index in [9.17, 15) is 0 Å². The molecule has 0 saturated heterocycles. The van der Waals surface area contributed by atoms with Gasteiger partial charge in [0.2, 0.25) is 6.23 Å². The number of halogens is 3. The van der Waals surface area contributed by atoms with Crippen molar-refractivity contribution in [2.24, 2.45) is 5.10 Å². The summed E-state index contributed by atoms with van der Waals surface area (Å²) in [6.45, 7) is 0. The van der Waals surface area contributed by atoms with Crippen molar-refractivity contribution in [1.82, 2.24) is 5.01 Å². The first-order valence-electron chi connectivity index (χ1n) is 10.3. The van der Waals surface area contributed by atoms with Gasteiger partial charge in [-0.15, -0.1) is 0 Å². The first-order chi connectivity index (χ1) is 15.6. The van der Waals surface area contributed by atoms with E-state index in [1.54, 1.807) is 6.07 Å². The fourth-order valence-corrected chi connectivity index (χ4v) is 5.32. The topological polar surface area (TPSA) is 24.8 Å². The summed E-state index contributed by atoms with van der Waals surface area (Å²) in [5, 5.41) is 10.6. The summed E-state index contributed by atoms with van der Waals surface area (Å²) in [5.74, 6) is 0.681. The Hall–Kier alpha value is -2.53. The molecule has 0 radical (unpaired) electrons. The number of benzene rings is 4. The third-order valence-corrected chi connectivity index (χ3v) is 7.07. The van der Waals surface area contributed by atoms with Crippen molar-refractivity contribution < 1.29 is 4.74 Å². The molecule has 0 amide bonds. The average Bonchev–Trinajstić information content (AvgIpc) is 3.25. The number of fused-ring (bicyclic) bond motifs is 4. The molecular formula is C26H17BrCl2N2O. The second-order valence-corrected chi connectivity index (χ2v) is 9.80. The number of nitrogens with zero attached hydrogens (tertiary/aromatic N) is 2. The van der Waals surface area contributed by atoms with Crippen molar-refractivity contribution in [3.05, 3.63) is 110 Å². The third kappa shape index (κ3) is 3.38. The fourth-order valence-electron chi connectivity index (χ4n) is 4.51. The van der Waals surface area contributed by atoms with Gasteiger partial charge in [0.05, 0.1) is 16.8 Å². The van der Waals surface area contributed by atoms with Gasteiger partial charge in [-0.05, 0) is 46.7 Å². The SMILES string of the molecule is Clc1cc(Cl)c2c(c1)[C@H]1CC(c3ccc4ccccc4c3)=NN1[C@@H](c1ccc(Br)cc1)O2. The highest BCUT2D eigenvalue weighted by atomic mass is 79.9. The highest BCUT2D eigenvalue weighted by Crippen LogP contribution is 2.50. The minimum absolute atomic E-state index is 0.00920. The van der Waals surface area contributed by atoms with Gasteiger partial charge in [0.15, 0.2) is 0 Å².